The molecule has 0 unspecified atom stereocenters. The van der Waals surface area contributed by atoms with Gasteiger partial charge in [0.2, 0.25) is 5.52 Å². The summed E-state index contributed by atoms with van der Waals surface area (Å²) in [4.78, 5) is 0. The zero-order valence-corrected chi connectivity index (χ0v) is 40.8. The molecule has 8 rings (SSSR count). The third-order valence-corrected chi connectivity index (χ3v) is 12.8. The standard InChI is InChI=1S/C32H12BF24.C23H20NO/c34-25(35,36)13-1-14(26(37,38)39)6-21(5-13)33(22-7-15(27(40,41)42)2-16(8-22)28(43,44)45,23-9-17(29(46,47)48)3-18(10-23)30(49,50)51)24-11-19(31(52,53)54)4-20(12-24)32(55,56)57;1-18-11-14-21(15-12-18)25-23-16-13-20-9-5-6-10-22(20)24(23)17-19-7-3-2-4-8-19/h1-12H;2-16H,17H2,1H3/q-1;+1. The lowest BCUT2D eigenvalue weighted by Crippen LogP contribution is -2.75. The molecule has 0 spiro atoms. The third kappa shape index (κ3) is 13.9. The predicted molar refractivity (Wildman–Crippen MR) is 251 cm³/mol. The van der Waals surface area contributed by atoms with Gasteiger partial charge in [-0.25, -0.2) is 0 Å². The summed E-state index contributed by atoms with van der Waals surface area (Å²) in [6.07, 6.45) is -54.8. The molecule has 0 saturated heterocycles. The van der Waals surface area contributed by atoms with Crippen LogP contribution in [0.1, 0.15) is 55.6 Å². The number of fused-ring (bicyclic) bond motifs is 1. The van der Waals surface area contributed by atoms with Crippen molar-refractivity contribution in [2.75, 3.05) is 0 Å². The Morgan fingerprint density at radius 3 is 0.927 bits per heavy atom. The maximum absolute atomic E-state index is 14.2. The lowest BCUT2D eigenvalue weighted by atomic mass is 9.12. The molecule has 0 aliphatic heterocycles. The number of hydrogen-bond acceptors (Lipinski definition) is 1. The number of rotatable bonds is 8. The molecule has 2 nitrogen and oxygen atoms in total. The number of alkyl halides is 24. The Morgan fingerprint density at radius 2 is 0.622 bits per heavy atom. The largest absolute Gasteiger partial charge is 0.416 e. The van der Waals surface area contributed by atoms with Crippen molar-refractivity contribution in [3.8, 4) is 11.6 Å². The quantitative estimate of drug-likeness (QED) is 0.0840. The molecule has 27 heteroatoms. The molecular formula is C55H32BF24NO. The van der Waals surface area contributed by atoms with Gasteiger partial charge in [-0.2, -0.15) is 132 Å². The number of pyridine rings is 1. The van der Waals surface area contributed by atoms with Crippen molar-refractivity contribution in [2.45, 2.75) is 62.9 Å². The minimum absolute atomic E-state index is 0.691. The second-order valence-corrected chi connectivity index (χ2v) is 18.4. The Bertz CT molecular complexity index is 3150. The van der Waals surface area contributed by atoms with Crippen molar-refractivity contribution < 1.29 is 115 Å². The van der Waals surface area contributed by atoms with E-state index < -0.39 is 195 Å². The molecule has 0 aliphatic carbocycles. The van der Waals surface area contributed by atoms with Crippen LogP contribution in [-0.2, 0) is 56.0 Å². The van der Waals surface area contributed by atoms with Gasteiger partial charge in [-0.1, -0.05) is 109 Å². The van der Waals surface area contributed by atoms with Crippen molar-refractivity contribution in [3.05, 3.63) is 219 Å². The first-order chi connectivity index (χ1) is 37.6. The van der Waals surface area contributed by atoms with Gasteiger partial charge in [0, 0.05) is 17.0 Å². The molecule has 0 amide bonds. The lowest BCUT2D eigenvalue weighted by Gasteiger charge is -2.46. The van der Waals surface area contributed by atoms with E-state index >= 15 is 0 Å². The summed E-state index contributed by atoms with van der Waals surface area (Å²) in [5.41, 5.74) is -26.6. The summed E-state index contributed by atoms with van der Waals surface area (Å²) in [7, 11) is 0. The van der Waals surface area contributed by atoms with Gasteiger partial charge in [0.15, 0.2) is 6.54 Å². The number of benzene rings is 7. The molecule has 82 heavy (non-hydrogen) atoms. The lowest BCUT2D eigenvalue weighted by molar-refractivity contribution is -0.666. The van der Waals surface area contributed by atoms with Crippen LogP contribution in [0.25, 0.3) is 10.9 Å². The van der Waals surface area contributed by atoms with E-state index in [1.165, 1.54) is 16.5 Å². The van der Waals surface area contributed by atoms with Crippen LogP contribution in [0.3, 0.4) is 0 Å². The van der Waals surface area contributed by atoms with Crippen LogP contribution in [0.15, 0.2) is 164 Å². The zero-order valence-electron chi connectivity index (χ0n) is 40.8. The fourth-order valence-electron chi connectivity index (χ4n) is 9.06. The van der Waals surface area contributed by atoms with Gasteiger partial charge in [0.25, 0.3) is 0 Å². The number of ether oxygens (including phenoxy) is 1. The van der Waals surface area contributed by atoms with Crippen LogP contribution in [0.2, 0.25) is 0 Å². The number of hydrogen-bond donors (Lipinski definition) is 0. The molecule has 0 bridgehead atoms. The molecule has 1 heterocycles. The SMILES string of the molecule is Cc1ccc(Oc2ccc3ccccc3[n+]2Cc2ccccc2)cc1.FC(F)(F)c1cc([B-](c2cc(C(F)(F)F)cc(C(F)(F)F)c2)(c2cc(C(F)(F)F)cc(C(F)(F)F)c2)c2cc(C(F)(F)F)cc(C(F)(F)F)c2)cc(C(F)(F)F)c1. The number of nitrogens with zero attached hydrogens (tertiary/aromatic N) is 1. The van der Waals surface area contributed by atoms with Gasteiger partial charge < -0.3 is 4.74 Å². The Morgan fingerprint density at radius 1 is 0.329 bits per heavy atom. The normalized spacial score (nSPS) is 13.2. The number of para-hydroxylation sites is 1. The summed E-state index contributed by atoms with van der Waals surface area (Å²) in [5, 5.41) is 1.20. The fraction of sp³-hybridized carbons (Fsp3) is 0.182. The molecule has 7 aromatic carbocycles. The van der Waals surface area contributed by atoms with Gasteiger partial charge in [-0.15, -0.1) is 0 Å². The van der Waals surface area contributed by atoms with Gasteiger partial charge in [0.1, 0.15) is 11.9 Å². The van der Waals surface area contributed by atoms with Crippen molar-refractivity contribution in [1.82, 2.24) is 0 Å². The van der Waals surface area contributed by atoms with Crippen LogP contribution in [-0.4, -0.2) is 6.15 Å². The molecule has 1 aromatic heterocycles. The van der Waals surface area contributed by atoms with E-state index in [4.69, 9.17) is 4.74 Å². The minimum Gasteiger partial charge on any atom is -0.405 e. The molecule has 0 radical (unpaired) electrons. The molecule has 0 fully saturated rings. The van der Waals surface area contributed by atoms with Crippen molar-refractivity contribution >= 4 is 38.9 Å². The Hall–Kier alpha value is -7.87. The highest BCUT2D eigenvalue weighted by Crippen LogP contribution is 2.42. The topological polar surface area (TPSA) is 13.1 Å². The van der Waals surface area contributed by atoms with Crippen molar-refractivity contribution in [3.63, 3.8) is 0 Å². The predicted octanol–water partition coefficient (Wildman–Crippen LogP) is 16.5. The highest BCUT2D eigenvalue weighted by molar-refractivity contribution is 7.20. The van der Waals surface area contributed by atoms with Gasteiger partial charge in [-0.3, -0.25) is 0 Å². The average Bonchev–Trinajstić information content (AvgIpc) is 3.37. The van der Waals surface area contributed by atoms with E-state index in [1.54, 1.807) is 0 Å². The highest BCUT2D eigenvalue weighted by atomic mass is 19.4. The fourth-order valence-corrected chi connectivity index (χ4v) is 9.06. The van der Waals surface area contributed by atoms with Crippen molar-refractivity contribution in [1.29, 1.82) is 0 Å². The Labute approximate surface area is 446 Å². The molecule has 0 aliphatic rings. The average molecular weight is 1190 g/mol. The second-order valence-electron chi connectivity index (χ2n) is 18.4. The second kappa shape index (κ2) is 21.8. The van der Waals surface area contributed by atoms with E-state index in [-0.39, 0.29) is 0 Å². The zero-order chi connectivity index (χ0) is 61.0. The minimum atomic E-state index is -6.13. The van der Waals surface area contributed by atoms with Crippen LogP contribution in [0.5, 0.6) is 11.6 Å². The summed E-state index contributed by atoms with van der Waals surface area (Å²) in [6, 6.07) is 22.4. The van der Waals surface area contributed by atoms with E-state index in [9.17, 15) is 105 Å². The van der Waals surface area contributed by atoms with E-state index in [0.29, 0.717) is 0 Å². The molecule has 0 saturated carbocycles. The van der Waals surface area contributed by atoms with Gasteiger partial charge in [0.05, 0.1) is 50.6 Å². The highest BCUT2D eigenvalue weighted by Gasteiger charge is 2.47. The van der Waals surface area contributed by atoms with Gasteiger partial charge in [-0.05, 0) is 55.5 Å². The molecule has 434 valence electrons. The molecule has 0 N–H and O–H groups in total. The first-order valence-electron chi connectivity index (χ1n) is 23.1. The summed E-state index contributed by atoms with van der Waals surface area (Å²) < 4.78 is 349. The molecule has 8 aromatic rings. The van der Waals surface area contributed by atoms with E-state index in [1.807, 2.05) is 24.3 Å². The molecule has 0 atom stereocenters. The maximum atomic E-state index is 14.2. The maximum Gasteiger partial charge on any atom is 0.416 e. The molecular weight excluding hydrogens is 1160 g/mol. The van der Waals surface area contributed by atoms with Crippen LogP contribution in [0.4, 0.5) is 105 Å². The number of halogens is 24. The monoisotopic (exact) mass is 1190 g/mol. The summed E-state index contributed by atoms with van der Waals surface area (Å²) >= 11 is 0. The van der Waals surface area contributed by atoms with E-state index in [0.717, 1.165) is 23.7 Å². The van der Waals surface area contributed by atoms with Crippen LogP contribution < -0.4 is 31.2 Å². The number of aryl methyl sites for hydroxylation is 1. The van der Waals surface area contributed by atoms with Crippen LogP contribution in [0, 0.1) is 6.92 Å². The van der Waals surface area contributed by atoms with Crippen molar-refractivity contribution in [2.24, 2.45) is 0 Å². The van der Waals surface area contributed by atoms with Crippen LogP contribution >= 0.6 is 0 Å². The first-order valence-corrected chi connectivity index (χ1v) is 23.1. The van der Waals surface area contributed by atoms with Gasteiger partial charge >= 0.3 is 55.3 Å². The summed E-state index contributed by atoms with van der Waals surface area (Å²) in [6.45, 7) is 2.85. The first kappa shape index (κ1) is 61.7. The third-order valence-electron chi connectivity index (χ3n) is 12.8. The number of aromatic nitrogens is 1. The van der Waals surface area contributed by atoms with E-state index in [2.05, 4.69) is 78.2 Å². The summed E-state index contributed by atoms with van der Waals surface area (Å²) in [5.74, 6) is 1.69. The Balaban J connectivity index is 0.000000318. The Kier molecular flexibility index (Phi) is 16.4. The smallest absolute Gasteiger partial charge is 0.405 e.